The number of hydrogen-bond donors (Lipinski definition) is 1. The molecule has 2 rings (SSSR count). The van der Waals surface area contributed by atoms with E-state index in [1.54, 1.807) is 0 Å². The quantitative estimate of drug-likeness (QED) is 0.870. The number of halogens is 1. The molecular weight excluding hydrogens is 274 g/mol. The van der Waals surface area contributed by atoms with Gasteiger partial charge in [0.25, 0.3) is 0 Å². The standard InChI is InChI=1S/C15H22BrN/c1-11-9-12(6-7-13(11)16)10-17-14-5-4-8-15(14,2)3/h6-7,9,14,17H,4-5,8,10H2,1-3H3. The van der Waals surface area contributed by atoms with Gasteiger partial charge in [0, 0.05) is 17.1 Å². The van der Waals surface area contributed by atoms with Crippen molar-refractivity contribution in [1.82, 2.24) is 5.32 Å². The van der Waals surface area contributed by atoms with Crippen LogP contribution in [0, 0.1) is 12.3 Å². The van der Waals surface area contributed by atoms with E-state index in [0.717, 1.165) is 6.54 Å². The molecule has 2 heteroatoms. The first-order valence-electron chi connectivity index (χ1n) is 6.47. The molecule has 0 radical (unpaired) electrons. The van der Waals surface area contributed by atoms with Gasteiger partial charge in [-0.2, -0.15) is 0 Å². The minimum absolute atomic E-state index is 0.463. The molecule has 0 bridgehead atoms. The normalized spacial score (nSPS) is 22.9. The fourth-order valence-electron chi connectivity index (χ4n) is 2.76. The smallest absolute Gasteiger partial charge is 0.0208 e. The molecule has 1 aromatic rings. The maximum atomic E-state index is 3.72. The van der Waals surface area contributed by atoms with Crippen molar-refractivity contribution in [3.8, 4) is 0 Å². The Kier molecular flexibility index (Phi) is 3.94. The third-order valence-corrected chi connectivity index (χ3v) is 4.92. The lowest BCUT2D eigenvalue weighted by atomic mass is 9.87. The zero-order valence-electron chi connectivity index (χ0n) is 11.0. The van der Waals surface area contributed by atoms with Crippen LogP contribution in [0.25, 0.3) is 0 Å². The molecule has 0 saturated heterocycles. The highest BCUT2D eigenvalue weighted by Crippen LogP contribution is 2.37. The van der Waals surface area contributed by atoms with Gasteiger partial charge in [-0.3, -0.25) is 0 Å². The molecular formula is C15H22BrN. The van der Waals surface area contributed by atoms with Gasteiger partial charge >= 0.3 is 0 Å². The number of benzene rings is 1. The Hall–Kier alpha value is -0.340. The van der Waals surface area contributed by atoms with Crippen LogP contribution in [0.3, 0.4) is 0 Å². The fourth-order valence-corrected chi connectivity index (χ4v) is 3.01. The highest BCUT2D eigenvalue weighted by Gasteiger charge is 2.33. The summed E-state index contributed by atoms with van der Waals surface area (Å²) in [4.78, 5) is 0. The lowest BCUT2D eigenvalue weighted by molar-refractivity contribution is 0.282. The summed E-state index contributed by atoms with van der Waals surface area (Å²) in [5.41, 5.74) is 3.16. The zero-order chi connectivity index (χ0) is 12.5. The van der Waals surface area contributed by atoms with Crippen molar-refractivity contribution in [3.05, 3.63) is 33.8 Å². The first-order chi connectivity index (χ1) is 7.99. The van der Waals surface area contributed by atoms with Crippen LogP contribution < -0.4 is 5.32 Å². The molecule has 1 aliphatic rings. The van der Waals surface area contributed by atoms with Crippen LogP contribution in [-0.4, -0.2) is 6.04 Å². The average Bonchev–Trinajstić information content (AvgIpc) is 2.60. The second-order valence-electron chi connectivity index (χ2n) is 5.90. The lowest BCUT2D eigenvalue weighted by Crippen LogP contribution is -2.37. The summed E-state index contributed by atoms with van der Waals surface area (Å²) in [6.07, 6.45) is 4.04. The molecule has 1 aromatic carbocycles. The van der Waals surface area contributed by atoms with Crippen molar-refractivity contribution in [2.75, 3.05) is 0 Å². The Morgan fingerprint density at radius 2 is 2.18 bits per heavy atom. The molecule has 1 aliphatic carbocycles. The summed E-state index contributed by atoms with van der Waals surface area (Å²) >= 11 is 3.54. The van der Waals surface area contributed by atoms with Crippen molar-refractivity contribution in [3.63, 3.8) is 0 Å². The molecule has 0 spiro atoms. The van der Waals surface area contributed by atoms with Crippen LogP contribution in [0.15, 0.2) is 22.7 Å². The van der Waals surface area contributed by atoms with Crippen LogP contribution in [0.5, 0.6) is 0 Å². The summed E-state index contributed by atoms with van der Waals surface area (Å²) in [7, 11) is 0. The van der Waals surface area contributed by atoms with E-state index in [2.05, 4.69) is 60.2 Å². The van der Waals surface area contributed by atoms with Crippen LogP contribution in [0.1, 0.15) is 44.2 Å². The van der Waals surface area contributed by atoms with E-state index < -0.39 is 0 Å². The highest BCUT2D eigenvalue weighted by atomic mass is 79.9. The van der Waals surface area contributed by atoms with E-state index in [-0.39, 0.29) is 0 Å². The van der Waals surface area contributed by atoms with Crippen LogP contribution in [0.4, 0.5) is 0 Å². The molecule has 1 N–H and O–H groups in total. The van der Waals surface area contributed by atoms with E-state index in [1.165, 1.54) is 34.9 Å². The maximum absolute atomic E-state index is 3.72. The second-order valence-corrected chi connectivity index (χ2v) is 6.75. The summed E-state index contributed by atoms with van der Waals surface area (Å²) in [6, 6.07) is 7.28. The second kappa shape index (κ2) is 5.11. The minimum Gasteiger partial charge on any atom is -0.309 e. The Morgan fingerprint density at radius 3 is 2.76 bits per heavy atom. The van der Waals surface area contributed by atoms with E-state index >= 15 is 0 Å². The SMILES string of the molecule is Cc1cc(CNC2CCCC2(C)C)ccc1Br. The predicted octanol–water partition coefficient (Wildman–Crippen LogP) is 4.43. The Balaban J connectivity index is 1.96. The van der Waals surface area contributed by atoms with Gasteiger partial charge in [0.1, 0.15) is 0 Å². The molecule has 1 atom stereocenters. The third kappa shape index (κ3) is 3.11. The van der Waals surface area contributed by atoms with Crippen molar-refractivity contribution in [2.24, 2.45) is 5.41 Å². The third-order valence-electron chi connectivity index (χ3n) is 4.03. The Labute approximate surface area is 113 Å². The molecule has 0 amide bonds. The monoisotopic (exact) mass is 295 g/mol. The zero-order valence-corrected chi connectivity index (χ0v) is 12.6. The molecule has 1 fully saturated rings. The number of nitrogens with one attached hydrogen (secondary N) is 1. The summed E-state index contributed by atoms with van der Waals surface area (Å²) in [6.45, 7) is 7.89. The van der Waals surface area contributed by atoms with Crippen molar-refractivity contribution < 1.29 is 0 Å². The van der Waals surface area contributed by atoms with E-state index in [4.69, 9.17) is 0 Å². The average molecular weight is 296 g/mol. The molecule has 17 heavy (non-hydrogen) atoms. The van der Waals surface area contributed by atoms with E-state index in [0.29, 0.717) is 11.5 Å². The van der Waals surface area contributed by atoms with Gasteiger partial charge < -0.3 is 5.32 Å². The minimum atomic E-state index is 0.463. The van der Waals surface area contributed by atoms with Crippen molar-refractivity contribution >= 4 is 15.9 Å². The van der Waals surface area contributed by atoms with Gasteiger partial charge in [-0.1, -0.05) is 48.3 Å². The lowest BCUT2D eigenvalue weighted by Gasteiger charge is -2.28. The van der Waals surface area contributed by atoms with E-state index in [1.807, 2.05) is 0 Å². The van der Waals surface area contributed by atoms with Gasteiger partial charge in [0.15, 0.2) is 0 Å². The summed E-state index contributed by atoms with van der Waals surface area (Å²) in [5.74, 6) is 0. The molecule has 0 aromatic heterocycles. The highest BCUT2D eigenvalue weighted by molar-refractivity contribution is 9.10. The van der Waals surface area contributed by atoms with Crippen molar-refractivity contribution in [1.29, 1.82) is 0 Å². The number of aryl methyl sites for hydroxylation is 1. The number of rotatable bonds is 3. The molecule has 1 nitrogen and oxygen atoms in total. The van der Waals surface area contributed by atoms with Crippen LogP contribution in [-0.2, 0) is 6.54 Å². The van der Waals surface area contributed by atoms with E-state index in [9.17, 15) is 0 Å². The van der Waals surface area contributed by atoms with Gasteiger partial charge in [0.2, 0.25) is 0 Å². The Bertz CT molecular complexity index is 398. The molecule has 94 valence electrons. The van der Waals surface area contributed by atoms with Gasteiger partial charge in [-0.15, -0.1) is 0 Å². The topological polar surface area (TPSA) is 12.0 Å². The molecule has 1 unspecified atom stereocenters. The largest absolute Gasteiger partial charge is 0.309 e. The van der Waals surface area contributed by atoms with Crippen molar-refractivity contribution in [2.45, 2.75) is 52.6 Å². The van der Waals surface area contributed by atoms with Gasteiger partial charge in [-0.05, 0) is 42.4 Å². The molecule has 0 aliphatic heterocycles. The molecule has 0 heterocycles. The predicted molar refractivity (Wildman–Crippen MR) is 77.1 cm³/mol. The summed E-state index contributed by atoms with van der Waals surface area (Å²) in [5, 5.41) is 3.72. The Morgan fingerprint density at radius 1 is 1.41 bits per heavy atom. The first kappa shape index (κ1) is 13.1. The summed E-state index contributed by atoms with van der Waals surface area (Å²) < 4.78 is 1.20. The van der Waals surface area contributed by atoms with Crippen LogP contribution in [0.2, 0.25) is 0 Å². The van der Waals surface area contributed by atoms with Crippen LogP contribution >= 0.6 is 15.9 Å². The van der Waals surface area contributed by atoms with Gasteiger partial charge in [-0.25, -0.2) is 0 Å². The number of hydrogen-bond acceptors (Lipinski definition) is 1. The molecule has 1 saturated carbocycles. The maximum Gasteiger partial charge on any atom is 0.0208 e. The fraction of sp³-hybridized carbons (Fsp3) is 0.600. The first-order valence-corrected chi connectivity index (χ1v) is 7.27. The van der Waals surface area contributed by atoms with Gasteiger partial charge in [0.05, 0.1) is 0 Å².